The maximum atomic E-state index is 12.0. The number of benzene rings is 2. The van der Waals surface area contributed by atoms with E-state index in [-0.39, 0.29) is 6.61 Å². The van der Waals surface area contributed by atoms with Gasteiger partial charge in [-0.05, 0) is 37.3 Å². The molecule has 1 N–H and O–H groups in total. The van der Waals surface area contributed by atoms with Crippen LogP contribution in [0, 0.1) is 18.3 Å². The lowest BCUT2D eigenvalue weighted by atomic mass is 10.1. The summed E-state index contributed by atoms with van der Waals surface area (Å²) in [4.78, 5) is 16.4. The second kappa shape index (κ2) is 7.60. The molecule has 0 radical (unpaired) electrons. The van der Waals surface area contributed by atoms with E-state index in [4.69, 9.17) is 10.00 Å². The van der Waals surface area contributed by atoms with Crippen molar-refractivity contribution in [3.63, 3.8) is 0 Å². The topological polar surface area (TPSA) is 75.0 Å². The average Bonchev–Trinajstić information content (AvgIpc) is 3.09. The minimum absolute atomic E-state index is 0.0850. The number of hydrogen-bond acceptors (Lipinski definition) is 6. The van der Waals surface area contributed by atoms with Crippen LogP contribution in [0.2, 0.25) is 0 Å². The van der Waals surface area contributed by atoms with Crippen LogP contribution in [-0.2, 0) is 11.3 Å². The molecule has 6 heteroatoms. The molecule has 0 saturated heterocycles. The summed E-state index contributed by atoms with van der Waals surface area (Å²) in [5.74, 6) is -0.474. The molecule has 0 unspecified atom stereocenters. The second-order valence-electron chi connectivity index (χ2n) is 5.40. The third kappa shape index (κ3) is 4.43. The van der Waals surface area contributed by atoms with Crippen LogP contribution in [0.25, 0.3) is 0 Å². The Morgan fingerprint density at radius 3 is 2.84 bits per heavy atom. The van der Waals surface area contributed by atoms with Crippen LogP contribution in [0.5, 0.6) is 0 Å². The largest absolute Gasteiger partial charge is 0.456 e. The van der Waals surface area contributed by atoms with Gasteiger partial charge in [-0.25, -0.2) is 9.78 Å². The van der Waals surface area contributed by atoms with E-state index in [0.29, 0.717) is 16.8 Å². The van der Waals surface area contributed by atoms with Gasteiger partial charge in [0.1, 0.15) is 6.61 Å². The molecular formula is C19H15N3O2S. The molecule has 0 amide bonds. The molecule has 0 atom stereocenters. The third-order valence-electron chi connectivity index (χ3n) is 3.43. The number of carbonyl (C=O) groups is 1. The Hall–Kier alpha value is -3.17. The summed E-state index contributed by atoms with van der Waals surface area (Å²) in [5, 5.41) is 14.7. The zero-order valence-corrected chi connectivity index (χ0v) is 14.3. The standard InChI is InChI=1S/C19H15N3O2S/c1-13-5-7-16(8-6-13)21-19-22-17(12-25-19)11-24-18(23)15-4-2-3-14(9-15)10-20/h2-9,12H,11H2,1H3,(H,21,22). The fourth-order valence-corrected chi connectivity index (χ4v) is 2.84. The van der Waals surface area contributed by atoms with Gasteiger partial charge in [0.25, 0.3) is 0 Å². The first-order valence-corrected chi connectivity index (χ1v) is 8.47. The van der Waals surface area contributed by atoms with Gasteiger partial charge >= 0.3 is 5.97 Å². The quantitative estimate of drug-likeness (QED) is 0.690. The van der Waals surface area contributed by atoms with Gasteiger partial charge in [-0.3, -0.25) is 0 Å². The summed E-state index contributed by atoms with van der Waals surface area (Å²) in [6, 6.07) is 16.4. The summed E-state index contributed by atoms with van der Waals surface area (Å²) in [6.45, 7) is 2.12. The van der Waals surface area contributed by atoms with Crippen LogP contribution in [0.15, 0.2) is 53.9 Å². The monoisotopic (exact) mass is 349 g/mol. The molecule has 0 aliphatic heterocycles. The first kappa shape index (κ1) is 16.7. The molecule has 1 aromatic heterocycles. The summed E-state index contributed by atoms with van der Waals surface area (Å²) >= 11 is 1.45. The van der Waals surface area contributed by atoms with Gasteiger partial charge in [0.2, 0.25) is 0 Å². The number of nitrogens with zero attached hydrogens (tertiary/aromatic N) is 2. The van der Waals surface area contributed by atoms with E-state index in [2.05, 4.69) is 10.3 Å². The Balaban J connectivity index is 1.58. The molecule has 0 bridgehead atoms. The first-order chi connectivity index (χ1) is 12.1. The fourth-order valence-electron chi connectivity index (χ4n) is 2.13. The van der Waals surface area contributed by atoms with Gasteiger partial charge in [0, 0.05) is 11.1 Å². The minimum Gasteiger partial charge on any atom is -0.456 e. The zero-order valence-electron chi connectivity index (χ0n) is 13.5. The molecule has 1 heterocycles. The summed E-state index contributed by atoms with van der Waals surface area (Å²) in [5.41, 5.74) is 3.60. The highest BCUT2D eigenvalue weighted by Crippen LogP contribution is 2.21. The van der Waals surface area contributed by atoms with Crippen LogP contribution < -0.4 is 5.32 Å². The van der Waals surface area contributed by atoms with Crippen molar-refractivity contribution in [3.8, 4) is 6.07 Å². The summed E-state index contributed by atoms with van der Waals surface area (Å²) in [7, 11) is 0. The Morgan fingerprint density at radius 1 is 1.28 bits per heavy atom. The molecule has 3 rings (SSSR count). The van der Waals surface area contributed by atoms with Crippen molar-refractivity contribution < 1.29 is 9.53 Å². The second-order valence-corrected chi connectivity index (χ2v) is 6.26. The third-order valence-corrected chi connectivity index (χ3v) is 4.24. The van der Waals surface area contributed by atoms with Gasteiger partial charge in [-0.2, -0.15) is 5.26 Å². The van der Waals surface area contributed by atoms with E-state index >= 15 is 0 Å². The van der Waals surface area contributed by atoms with Crippen molar-refractivity contribution in [1.82, 2.24) is 4.98 Å². The molecule has 0 aliphatic rings. The van der Waals surface area contributed by atoms with E-state index in [1.165, 1.54) is 23.0 Å². The molecule has 3 aromatic rings. The normalized spacial score (nSPS) is 10.1. The van der Waals surface area contributed by atoms with Gasteiger partial charge in [-0.1, -0.05) is 23.8 Å². The van der Waals surface area contributed by atoms with Crippen molar-refractivity contribution in [1.29, 1.82) is 5.26 Å². The van der Waals surface area contributed by atoms with Crippen molar-refractivity contribution in [2.45, 2.75) is 13.5 Å². The number of hydrogen-bond donors (Lipinski definition) is 1. The Bertz CT molecular complexity index is 926. The number of nitriles is 1. The predicted molar refractivity (Wildman–Crippen MR) is 96.9 cm³/mol. The van der Waals surface area contributed by atoms with Crippen molar-refractivity contribution >= 4 is 28.1 Å². The molecular weight excluding hydrogens is 334 g/mol. The van der Waals surface area contributed by atoms with E-state index in [9.17, 15) is 4.79 Å². The van der Waals surface area contributed by atoms with Crippen molar-refractivity contribution in [3.05, 3.63) is 76.3 Å². The van der Waals surface area contributed by atoms with Crippen LogP contribution in [0.4, 0.5) is 10.8 Å². The predicted octanol–water partition coefficient (Wildman–Crippen LogP) is 4.42. The lowest BCUT2D eigenvalue weighted by Crippen LogP contribution is -2.05. The number of anilines is 2. The molecule has 25 heavy (non-hydrogen) atoms. The Morgan fingerprint density at radius 2 is 2.08 bits per heavy atom. The molecule has 0 saturated carbocycles. The smallest absolute Gasteiger partial charge is 0.338 e. The maximum absolute atomic E-state index is 12.0. The molecule has 2 aromatic carbocycles. The van der Waals surface area contributed by atoms with Crippen LogP contribution in [-0.4, -0.2) is 11.0 Å². The summed E-state index contributed by atoms with van der Waals surface area (Å²) in [6.07, 6.45) is 0. The van der Waals surface area contributed by atoms with Crippen molar-refractivity contribution in [2.75, 3.05) is 5.32 Å². The van der Waals surface area contributed by atoms with E-state index in [0.717, 1.165) is 10.8 Å². The van der Waals surface area contributed by atoms with E-state index < -0.39 is 5.97 Å². The molecule has 5 nitrogen and oxygen atoms in total. The minimum atomic E-state index is -0.474. The van der Waals surface area contributed by atoms with E-state index in [1.54, 1.807) is 18.2 Å². The highest BCUT2D eigenvalue weighted by Gasteiger charge is 2.10. The van der Waals surface area contributed by atoms with Crippen LogP contribution in [0.1, 0.15) is 27.2 Å². The lowest BCUT2D eigenvalue weighted by molar-refractivity contribution is 0.0468. The first-order valence-electron chi connectivity index (χ1n) is 7.59. The molecule has 0 aliphatic carbocycles. The number of esters is 1. The van der Waals surface area contributed by atoms with Crippen molar-refractivity contribution in [2.24, 2.45) is 0 Å². The summed E-state index contributed by atoms with van der Waals surface area (Å²) < 4.78 is 5.26. The number of aryl methyl sites for hydroxylation is 1. The van der Waals surface area contributed by atoms with Crippen LogP contribution in [0.3, 0.4) is 0 Å². The van der Waals surface area contributed by atoms with Gasteiger partial charge in [0.15, 0.2) is 5.13 Å². The highest BCUT2D eigenvalue weighted by molar-refractivity contribution is 7.13. The van der Waals surface area contributed by atoms with E-state index in [1.807, 2.05) is 42.6 Å². The maximum Gasteiger partial charge on any atom is 0.338 e. The van der Waals surface area contributed by atoms with Gasteiger partial charge in [0.05, 0.1) is 22.9 Å². The molecule has 124 valence electrons. The fraction of sp³-hybridized carbons (Fsp3) is 0.105. The number of aromatic nitrogens is 1. The Labute approximate surface area is 149 Å². The van der Waals surface area contributed by atoms with Gasteiger partial charge < -0.3 is 10.1 Å². The van der Waals surface area contributed by atoms with Crippen LogP contribution >= 0.6 is 11.3 Å². The number of rotatable bonds is 5. The number of ether oxygens (including phenoxy) is 1. The number of thiazole rings is 1. The zero-order chi connectivity index (χ0) is 17.6. The highest BCUT2D eigenvalue weighted by atomic mass is 32.1. The molecule has 0 spiro atoms. The average molecular weight is 349 g/mol. The lowest BCUT2D eigenvalue weighted by Gasteiger charge is -2.04. The number of carbonyl (C=O) groups excluding carboxylic acids is 1. The Kier molecular flexibility index (Phi) is 5.07. The SMILES string of the molecule is Cc1ccc(Nc2nc(COC(=O)c3cccc(C#N)c3)cs2)cc1. The number of nitrogens with one attached hydrogen (secondary N) is 1. The molecule has 0 fully saturated rings. The van der Waals surface area contributed by atoms with Gasteiger partial charge in [-0.15, -0.1) is 11.3 Å².